The summed E-state index contributed by atoms with van der Waals surface area (Å²) in [7, 11) is 0. The van der Waals surface area contributed by atoms with Gasteiger partial charge >= 0.3 is 0 Å². The van der Waals surface area contributed by atoms with Crippen LogP contribution in [0.5, 0.6) is 5.75 Å². The predicted octanol–water partition coefficient (Wildman–Crippen LogP) is 25.5. The van der Waals surface area contributed by atoms with Crippen molar-refractivity contribution in [3.63, 3.8) is 0 Å². The minimum absolute atomic E-state index is 0. The number of nitrogens with one attached hydrogen (secondary N) is 8. The second-order valence-electron chi connectivity index (χ2n) is 41.8. The van der Waals surface area contributed by atoms with Crippen LogP contribution in [0.25, 0.3) is 0 Å². The van der Waals surface area contributed by atoms with Crippen molar-refractivity contribution in [2.45, 2.75) is 372 Å². The zero-order valence-corrected chi connectivity index (χ0v) is 81.0. The Balaban J connectivity index is 0.000000135. The SMILES string of the molecule is C.C.C.C1CC2(C1)CNC2.C1CC2CC1CN2.C1CC2CCC(C1)N2.C1CC2CCC1C2.C1CC2CCC1CC2.C1CC2CCC1CN2.C1CCCCC1.C1CCNCC1.C1CCOCC1.C1CN2CCOCC2CN1.c1ccc2c(c1)CCC2.c1ccc2c(c1)CCC2.c1ccc2c(c1)CCN2.c1ccc2c(c1)CCNC2.c1ccc2c(c1)CCO2.c1ccc2c(c1)CCS2. The Morgan fingerprint density at radius 1 is 0.313 bits per heavy atom. The van der Waals surface area contributed by atoms with E-state index in [9.17, 15) is 0 Å². The molecular weight excluding hydrogens is 1620 g/mol. The zero-order chi connectivity index (χ0) is 87.2. The van der Waals surface area contributed by atoms with Gasteiger partial charge in [-0.25, -0.2) is 0 Å². The molecule has 5 unspecified atom stereocenters. The molecule has 1 spiro atoms. The first-order chi connectivity index (χ1) is 63.4. The standard InChI is InChI=1S/C9H11N.2C9H10.C8H9N.C8H8O.C8H8S.C8H14.C7H14N2O.2C7H13N.C7H12.2C6H11N.C6H12.C5H11N.C5H10O.3CH4/c1-2-4-9-7-10-6-5-8(9)3-1;2*1-2-5-9-7-3-6-8(9)4-1;3*1-2-4-8-7(3-1)5-6-9-8;1-2-8-5-3-7(1)4-6-8;1-2-9-3-4-10-6-7(9)5-8-1;1-3-7-4-2-6(1)5-8-7;1-2-6-4-5-7(3-1)8-6;1-2-7-4-3-6(1)5-7;1-2-6-3-5(1)4-7-6;1-2-6(3-1)4-7-5-6;3*1-2-4-6-5-3-1;;;/h1-4,10H,5-7H2;2*1-2,4-5H,3,6-7H2;1-4,9H,5-6H2;2*1-4H,5-6H2;7-8H,1-6H2;7-8H,1-6H2;2*6-8H,1-5H2;6-7H,1-5H2;5-7H,1-4H2;7H,1-5H2;1-6H2;6H,1-5H2;1-5H2;3*1H4. The summed E-state index contributed by atoms with van der Waals surface area (Å²) in [4.78, 5) is 4.00. The first kappa shape index (κ1) is 106. The normalized spacial score (nSPS) is 27.7. The minimum atomic E-state index is 0. The van der Waals surface area contributed by atoms with Crippen molar-refractivity contribution in [2.24, 2.45) is 40.9 Å². The molecular formula is C118H189N9O3S. The lowest BCUT2D eigenvalue weighted by Gasteiger charge is -2.49. The molecule has 6 aromatic rings. The number of ether oxygens (including phenoxy) is 3. The van der Waals surface area contributed by atoms with Crippen LogP contribution in [-0.4, -0.2) is 152 Å². The van der Waals surface area contributed by atoms with Crippen molar-refractivity contribution in [3.8, 4) is 5.75 Å². The van der Waals surface area contributed by atoms with Crippen LogP contribution in [0.4, 0.5) is 5.69 Å². The lowest BCUT2D eigenvalue weighted by Crippen LogP contribution is -2.57. The van der Waals surface area contributed by atoms with Crippen LogP contribution in [0.2, 0.25) is 0 Å². The van der Waals surface area contributed by atoms with Crippen LogP contribution in [0.3, 0.4) is 0 Å². The summed E-state index contributed by atoms with van der Waals surface area (Å²) in [6, 6.07) is 55.7. The van der Waals surface area contributed by atoms with Gasteiger partial charge in [0.2, 0.25) is 0 Å². The van der Waals surface area contributed by atoms with Gasteiger partial charge in [-0.3, -0.25) is 4.90 Å². The fraction of sp³-hybridized carbons (Fsp3) is 0.695. The molecule has 13 heteroatoms. The number of piperidine rings is 5. The summed E-state index contributed by atoms with van der Waals surface area (Å²) in [6.45, 7) is 20.3. The Kier molecular flexibility index (Phi) is 50.3. The molecule has 6 aromatic carbocycles. The minimum Gasteiger partial charge on any atom is -0.493 e. The molecule has 0 radical (unpaired) electrons. The molecule has 131 heavy (non-hydrogen) atoms. The highest BCUT2D eigenvalue weighted by Gasteiger charge is 2.42. The molecule has 14 aliphatic heterocycles. The molecule has 8 N–H and O–H groups in total. The maximum Gasteiger partial charge on any atom is 0.122 e. The van der Waals surface area contributed by atoms with Crippen molar-refractivity contribution in [2.75, 3.05) is 123 Å². The average molecular weight is 1810 g/mol. The molecule has 10 bridgehead atoms. The average Bonchev–Trinajstić information content (AvgIpc) is 1.77. The molecule has 19 fully saturated rings. The Bertz CT molecular complexity index is 3260. The Morgan fingerprint density at radius 2 is 0.809 bits per heavy atom. The van der Waals surface area contributed by atoms with E-state index >= 15 is 0 Å². The number of rotatable bonds is 0. The number of hydrogen-bond acceptors (Lipinski definition) is 13. The number of thioether (sulfide) groups is 1. The van der Waals surface area contributed by atoms with E-state index in [2.05, 4.69) is 175 Å². The topological polar surface area (TPSA) is 127 Å². The van der Waals surface area contributed by atoms with Gasteiger partial charge in [0.05, 0.1) is 19.8 Å². The molecule has 5 atom stereocenters. The zero-order valence-electron chi connectivity index (χ0n) is 80.2. The van der Waals surface area contributed by atoms with Gasteiger partial charge in [0, 0.05) is 119 Å². The van der Waals surface area contributed by atoms with Crippen LogP contribution >= 0.6 is 11.8 Å². The highest BCUT2D eigenvalue weighted by molar-refractivity contribution is 7.99. The van der Waals surface area contributed by atoms with Crippen LogP contribution in [0.1, 0.15) is 329 Å². The number of para-hydroxylation sites is 2. The van der Waals surface area contributed by atoms with Crippen LogP contribution in [0.15, 0.2) is 150 Å². The van der Waals surface area contributed by atoms with E-state index in [4.69, 9.17) is 14.2 Å². The number of nitrogens with zero attached hydrogens (tertiary/aromatic N) is 1. The number of fused-ring (bicyclic) bond motifs is 19. The fourth-order valence-electron chi connectivity index (χ4n) is 23.8. The van der Waals surface area contributed by atoms with Crippen molar-refractivity contribution >= 4 is 17.4 Å². The van der Waals surface area contributed by atoms with E-state index in [0.717, 1.165) is 138 Å². The molecule has 14 heterocycles. The quantitative estimate of drug-likeness (QED) is 0.0736. The van der Waals surface area contributed by atoms with Gasteiger partial charge in [-0.15, -0.1) is 11.8 Å². The number of aryl methyl sites for hydroxylation is 5. The molecule has 11 aliphatic carbocycles. The van der Waals surface area contributed by atoms with Gasteiger partial charge in [-0.05, 0) is 322 Å². The van der Waals surface area contributed by atoms with Crippen LogP contribution in [0, 0.1) is 40.9 Å². The molecule has 730 valence electrons. The lowest BCUT2D eigenvalue weighted by molar-refractivity contribution is -0.0168. The van der Waals surface area contributed by atoms with Gasteiger partial charge in [-0.1, -0.05) is 272 Å². The van der Waals surface area contributed by atoms with E-state index in [0.29, 0.717) is 6.04 Å². The fourth-order valence-corrected chi connectivity index (χ4v) is 24.8. The van der Waals surface area contributed by atoms with Gasteiger partial charge in [0.1, 0.15) is 5.75 Å². The predicted molar refractivity (Wildman–Crippen MR) is 563 cm³/mol. The summed E-state index contributed by atoms with van der Waals surface area (Å²) in [5.74, 6) is 9.09. The van der Waals surface area contributed by atoms with Crippen molar-refractivity contribution in [1.82, 2.24) is 42.1 Å². The smallest absolute Gasteiger partial charge is 0.122 e. The van der Waals surface area contributed by atoms with Crippen molar-refractivity contribution < 1.29 is 14.2 Å². The third-order valence-corrected chi connectivity index (χ3v) is 33.4. The van der Waals surface area contributed by atoms with Gasteiger partial charge < -0.3 is 56.7 Å². The number of anilines is 1. The van der Waals surface area contributed by atoms with E-state index in [1.807, 2.05) is 30.0 Å². The maximum absolute atomic E-state index is 5.36. The van der Waals surface area contributed by atoms with Crippen molar-refractivity contribution in [1.29, 1.82) is 0 Å². The first-order valence-electron chi connectivity index (χ1n) is 53.8. The molecule has 0 aromatic heterocycles. The Hall–Kier alpha value is -5.13. The summed E-state index contributed by atoms with van der Waals surface area (Å²) in [6.07, 6.45) is 69.0. The largest absolute Gasteiger partial charge is 0.493 e. The van der Waals surface area contributed by atoms with Crippen molar-refractivity contribution in [3.05, 3.63) is 196 Å². The van der Waals surface area contributed by atoms with E-state index < -0.39 is 0 Å². The van der Waals surface area contributed by atoms with Crippen LogP contribution < -0.4 is 47.3 Å². The monoisotopic (exact) mass is 1810 g/mol. The van der Waals surface area contributed by atoms with Gasteiger partial charge in [0.25, 0.3) is 0 Å². The number of piperazine rings is 1. The molecule has 25 aliphatic rings. The number of benzene rings is 6. The molecule has 9 saturated carbocycles. The summed E-state index contributed by atoms with van der Waals surface area (Å²) < 4.78 is 15.7. The van der Waals surface area contributed by atoms with Gasteiger partial charge in [0.15, 0.2) is 0 Å². The summed E-state index contributed by atoms with van der Waals surface area (Å²) >= 11 is 1.97. The second-order valence-corrected chi connectivity index (χ2v) is 42.9. The van der Waals surface area contributed by atoms with E-state index in [1.165, 1.54) is 333 Å². The summed E-state index contributed by atoms with van der Waals surface area (Å²) in [5, 5.41) is 27.2. The molecule has 31 rings (SSSR count). The second kappa shape index (κ2) is 61.9. The Labute approximate surface area is 805 Å². The summed E-state index contributed by atoms with van der Waals surface area (Å²) in [5.41, 5.74) is 15.7. The van der Waals surface area contributed by atoms with Crippen LogP contribution in [-0.2, 0) is 67.4 Å². The highest BCUT2D eigenvalue weighted by Crippen LogP contribution is 2.45. The number of morpholine rings is 1. The number of hydrogen-bond donors (Lipinski definition) is 8. The molecule has 0 amide bonds. The van der Waals surface area contributed by atoms with E-state index in [-0.39, 0.29) is 22.3 Å². The first-order valence-corrected chi connectivity index (χ1v) is 54.8. The lowest BCUT2D eigenvalue weighted by atomic mass is 9.65. The van der Waals surface area contributed by atoms with E-state index in [1.54, 1.807) is 92.9 Å². The molecule has 12 nitrogen and oxygen atoms in total. The third-order valence-electron chi connectivity index (χ3n) is 32.3. The Morgan fingerprint density at radius 3 is 1.21 bits per heavy atom. The maximum atomic E-state index is 5.36. The molecule has 10 saturated heterocycles. The third kappa shape index (κ3) is 38.0. The highest BCUT2D eigenvalue weighted by atomic mass is 32.2. The van der Waals surface area contributed by atoms with Gasteiger partial charge in [-0.2, -0.15) is 0 Å².